The van der Waals surface area contributed by atoms with E-state index in [0.717, 1.165) is 5.56 Å². The van der Waals surface area contributed by atoms with Gasteiger partial charge in [-0.1, -0.05) is 37.3 Å². The van der Waals surface area contributed by atoms with Gasteiger partial charge in [0.2, 0.25) is 5.91 Å². The zero-order valence-electron chi connectivity index (χ0n) is 14.3. The van der Waals surface area contributed by atoms with E-state index in [-0.39, 0.29) is 36.3 Å². The summed E-state index contributed by atoms with van der Waals surface area (Å²) < 4.78 is 0. The molecule has 2 atom stereocenters. The van der Waals surface area contributed by atoms with E-state index in [2.05, 4.69) is 5.32 Å². The summed E-state index contributed by atoms with van der Waals surface area (Å²) in [5, 5.41) is 2.79. The minimum atomic E-state index is -0.315. The first-order valence-corrected chi connectivity index (χ1v) is 8.16. The third-order valence-corrected chi connectivity index (χ3v) is 4.32. The number of urea groups is 1. The molecule has 1 aliphatic rings. The number of hydrogen-bond donors (Lipinski definition) is 2. The van der Waals surface area contributed by atoms with Crippen molar-refractivity contribution in [3.05, 3.63) is 35.9 Å². The summed E-state index contributed by atoms with van der Waals surface area (Å²) in [6, 6.07) is 9.31. The highest BCUT2D eigenvalue weighted by Gasteiger charge is 2.30. The van der Waals surface area contributed by atoms with Gasteiger partial charge in [-0.05, 0) is 12.5 Å². The second-order valence-electron chi connectivity index (χ2n) is 5.87. The molecule has 2 unspecified atom stereocenters. The number of hydrogen-bond acceptors (Lipinski definition) is 3. The lowest BCUT2D eigenvalue weighted by Gasteiger charge is -2.36. The van der Waals surface area contributed by atoms with Gasteiger partial charge in [0.15, 0.2) is 0 Å². The minimum Gasteiger partial charge on any atom is -0.339 e. The van der Waals surface area contributed by atoms with Crippen LogP contribution in [0.25, 0.3) is 0 Å². The number of nitrogens with two attached hydrogens (primary N) is 1. The van der Waals surface area contributed by atoms with Crippen molar-refractivity contribution >= 4 is 24.3 Å². The molecule has 7 heteroatoms. The van der Waals surface area contributed by atoms with Crippen LogP contribution in [0.4, 0.5) is 4.79 Å². The average Bonchev–Trinajstić information content (AvgIpc) is 2.61. The normalized spacial score (nSPS) is 16.8. The molecule has 0 aromatic heterocycles. The topological polar surface area (TPSA) is 78.7 Å². The molecule has 0 saturated carbocycles. The van der Waals surface area contributed by atoms with Crippen LogP contribution in [0.3, 0.4) is 0 Å². The number of piperazine rings is 1. The summed E-state index contributed by atoms with van der Waals surface area (Å²) in [6.45, 7) is 6.61. The smallest absolute Gasteiger partial charge is 0.317 e. The fourth-order valence-corrected chi connectivity index (χ4v) is 2.80. The van der Waals surface area contributed by atoms with Crippen molar-refractivity contribution in [2.75, 3.05) is 32.7 Å². The number of nitrogens with zero attached hydrogens (tertiary/aromatic N) is 2. The lowest BCUT2D eigenvalue weighted by Crippen LogP contribution is -2.54. The van der Waals surface area contributed by atoms with E-state index in [1.165, 1.54) is 0 Å². The van der Waals surface area contributed by atoms with Gasteiger partial charge in [0.05, 0.1) is 5.92 Å². The van der Waals surface area contributed by atoms with Gasteiger partial charge in [0, 0.05) is 38.8 Å². The van der Waals surface area contributed by atoms with E-state index in [0.29, 0.717) is 32.7 Å². The summed E-state index contributed by atoms with van der Waals surface area (Å²) >= 11 is 0. The third kappa shape index (κ3) is 4.85. The zero-order chi connectivity index (χ0) is 16.8. The lowest BCUT2D eigenvalue weighted by atomic mass is 9.94. The largest absolute Gasteiger partial charge is 0.339 e. The quantitative estimate of drug-likeness (QED) is 0.862. The average molecular weight is 355 g/mol. The van der Waals surface area contributed by atoms with E-state index in [1.54, 1.807) is 4.90 Å². The van der Waals surface area contributed by atoms with Gasteiger partial charge in [0.1, 0.15) is 0 Å². The van der Waals surface area contributed by atoms with Crippen LogP contribution >= 0.6 is 12.4 Å². The fraction of sp³-hybridized carbons (Fsp3) is 0.529. The maximum Gasteiger partial charge on any atom is 0.317 e. The first kappa shape index (κ1) is 20.3. The van der Waals surface area contributed by atoms with Crippen molar-refractivity contribution in [3.8, 4) is 0 Å². The Bertz CT molecular complexity index is 533. The maximum absolute atomic E-state index is 12.6. The first-order valence-electron chi connectivity index (χ1n) is 8.16. The van der Waals surface area contributed by atoms with Crippen LogP contribution in [0, 0.1) is 5.92 Å². The molecular weight excluding hydrogens is 328 g/mol. The Morgan fingerprint density at radius 1 is 1.12 bits per heavy atom. The number of nitrogens with one attached hydrogen (secondary N) is 1. The molecule has 1 fully saturated rings. The van der Waals surface area contributed by atoms with Crippen molar-refractivity contribution in [2.45, 2.75) is 19.9 Å². The van der Waals surface area contributed by atoms with Crippen LogP contribution in [0.15, 0.2) is 30.3 Å². The SMILES string of the molecule is CCNC(=O)N1CCN(C(=O)C(C)C(N)c2ccccc2)CC1.Cl. The highest BCUT2D eigenvalue weighted by molar-refractivity contribution is 5.85. The summed E-state index contributed by atoms with van der Waals surface area (Å²) in [4.78, 5) is 28.0. The second-order valence-corrected chi connectivity index (χ2v) is 5.87. The van der Waals surface area contributed by atoms with Crippen LogP contribution in [0.1, 0.15) is 25.5 Å². The Morgan fingerprint density at radius 2 is 1.67 bits per heavy atom. The van der Waals surface area contributed by atoms with Crippen LogP contribution < -0.4 is 11.1 Å². The molecule has 1 aliphatic heterocycles. The first-order chi connectivity index (χ1) is 11.0. The van der Waals surface area contributed by atoms with Crippen LogP contribution in [0.5, 0.6) is 0 Å². The molecule has 1 saturated heterocycles. The molecule has 0 radical (unpaired) electrons. The standard InChI is InChI=1S/C17H26N4O2.ClH/c1-3-19-17(23)21-11-9-20(10-12-21)16(22)13(2)15(18)14-7-5-4-6-8-14;/h4-8,13,15H,3,9-12,18H2,1-2H3,(H,19,23);1H. The van der Waals surface area contributed by atoms with Crippen molar-refractivity contribution in [3.63, 3.8) is 0 Å². The minimum absolute atomic E-state index is 0. The van der Waals surface area contributed by atoms with Gasteiger partial charge in [-0.15, -0.1) is 12.4 Å². The zero-order valence-corrected chi connectivity index (χ0v) is 15.1. The van der Waals surface area contributed by atoms with E-state index >= 15 is 0 Å². The van der Waals surface area contributed by atoms with Gasteiger partial charge < -0.3 is 20.9 Å². The molecule has 3 N–H and O–H groups in total. The third-order valence-electron chi connectivity index (χ3n) is 4.32. The summed E-state index contributed by atoms with van der Waals surface area (Å²) in [5.74, 6) is -0.231. The maximum atomic E-state index is 12.6. The molecule has 1 aromatic carbocycles. The Hall–Kier alpha value is -1.79. The number of halogens is 1. The number of carbonyl (C=O) groups is 2. The van der Waals surface area contributed by atoms with Crippen LogP contribution in [-0.2, 0) is 4.79 Å². The van der Waals surface area contributed by atoms with E-state index in [1.807, 2.05) is 49.1 Å². The van der Waals surface area contributed by atoms with Crippen molar-refractivity contribution < 1.29 is 9.59 Å². The van der Waals surface area contributed by atoms with E-state index in [4.69, 9.17) is 5.73 Å². The number of carbonyl (C=O) groups excluding carboxylic acids is 2. The van der Waals surface area contributed by atoms with Gasteiger partial charge in [-0.3, -0.25) is 4.79 Å². The number of rotatable bonds is 4. The lowest BCUT2D eigenvalue weighted by molar-refractivity contribution is -0.137. The molecule has 3 amide bonds. The molecule has 134 valence electrons. The number of benzene rings is 1. The highest BCUT2D eigenvalue weighted by Crippen LogP contribution is 2.21. The molecule has 24 heavy (non-hydrogen) atoms. The Morgan fingerprint density at radius 3 is 2.21 bits per heavy atom. The van der Waals surface area contributed by atoms with Gasteiger partial charge in [0.25, 0.3) is 0 Å². The molecular formula is C17H27ClN4O2. The molecule has 0 bridgehead atoms. The van der Waals surface area contributed by atoms with Crippen molar-refractivity contribution in [2.24, 2.45) is 11.7 Å². The predicted molar refractivity (Wildman–Crippen MR) is 97.0 cm³/mol. The summed E-state index contributed by atoms with van der Waals surface area (Å²) in [5.41, 5.74) is 7.21. The summed E-state index contributed by atoms with van der Waals surface area (Å²) in [6.07, 6.45) is 0. The fourth-order valence-electron chi connectivity index (χ4n) is 2.80. The van der Waals surface area contributed by atoms with Gasteiger partial charge >= 0.3 is 6.03 Å². The Balaban J connectivity index is 0.00000288. The molecule has 0 spiro atoms. The van der Waals surface area contributed by atoms with Crippen molar-refractivity contribution in [1.29, 1.82) is 0 Å². The van der Waals surface area contributed by atoms with Crippen LogP contribution in [0.2, 0.25) is 0 Å². The van der Waals surface area contributed by atoms with E-state index < -0.39 is 0 Å². The summed E-state index contributed by atoms with van der Waals surface area (Å²) in [7, 11) is 0. The Labute approximate surface area is 149 Å². The van der Waals surface area contributed by atoms with E-state index in [9.17, 15) is 9.59 Å². The van der Waals surface area contributed by atoms with Crippen molar-refractivity contribution in [1.82, 2.24) is 15.1 Å². The molecule has 0 aliphatic carbocycles. The Kier molecular flexibility index (Phi) is 8.01. The predicted octanol–water partition coefficient (Wildman–Crippen LogP) is 1.62. The molecule has 6 nitrogen and oxygen atoms in total. The van der Waals surface area contributed by atoms with Crippen LogP contribution in [-0.4, -0.2) is 54.5 Å². The van der Waals surface area contributed by atoms with Gasteiger partial charge in [-0.25, -0.2) is 4.79 Å². The molecule has 1 aromatic rings. The highest BCUT2D eigenvalue weighted by atomic mass is 35.5. The van der Waals surface area contributed by atoms with Gasteiger partial charge in [-0.2, -0.15) is 0 Å². The monoisotopic (exact) mass is 354 g/mol. The molecule has 2 rings (SSSR count). The second kappa shape index (κ2) is 9.49. The molecule has 1 heterocycles. The number of amides is 3.